The Bertz CT molecular complexity index is 290. The largest absolute Gasteiger partial charge is 0.463 e. The first-order valence-electron chi connectivity index (χ1n) is 5.12. The Morgan fingerprint density at radius 2 is 1.94 bits per heavy atom. The molecule has 17 heavy (non-hydrogen) atoms. The predicted octanol–water partition coefficient (Wildman–Crippen LogP) is -0.787. The van der Waals surface area contributed by atoms with E-state index in [0.717, 1.165) is 0 Å². The van der Waals surface area contributed by atoms with Crippen molar-refractivity contribution in [3.8, 4) is 0 Å². The summed E-state index contributed by atoms with van der Waals surface area (Å²) in [4.78, 5) is 21.5. The summed E-state index contributed by atoms with van der Waals surface area (Å²) in [6.45, 7) is 2.35. The highest BCUT2D eigenvalue weighted by atomic mass is 16.7. The van der Waals surface area contributed by atoms with Crippen LogP contribution >= 0.6 is 0 Å². The third-order valence-electron chi connectivity index (χ3n) is 2.28. The molecule has 1 fully saturated rings. The molecule has 1 aliphatic rings. The van der Waals surface area contributed by atoms with Crippen molar-refractivity contribution in [3.05, 3.63) is 0 Å². The highest BCUT2D eigenvalue weighted by molar-refractivity contribution is 5.66. The summed E-state index contributed by atoms with van der Waals surface area (Å²) in [5, 5.41) is 9.84. The van der Waals surface area contributed by atoms with Crippen LogP contribution in [-0.4, -0.2) is 55.4 Å². The van der Waals surface area contributed by atoms with Gasteiger partial charge in [0.2, 0.25) is 0 Å². The van der Waals surface area contributed by atoms with Crippen molar-refractivity contribution in [2.45, 2.75) is 38.4 Å². The minimum absolute atomic E-state index is 0.117. The number of aliphatic hydroxyl groups is 1. The molecule has 1 N–H and O–H groups in total. The first kappa shape index (κ1) is 13.9. The van der Waals surface area contributed by atoms with Crippen molar-refractivity contribution in [3.63, 3.8) is 0 Å². The van der Waals surface area contributed by atoms with E-state index in [9.17, 15) is 14.7 Å². The molecule has 4 atom stereocenters. The average molecular weight is 248 g/mol. The van der Waals surface area contributed by atoms with Crippen molar-refractivity contribution >= 4 is 11.9 Å². The monoisotopic (exact) mass is 248 g/mol. The Labute approximate surface area is 98.6 Å². The van der Waals surface area contributed by atoms with E-state index >= 15 is 0 Å². The Hall–Kier alpha value is -1.18. The number of aliphatic hydroxyl groups excluding tert-OH is 1. The fourth-order valence-electron chi connectivity index (χ4n) is 1.55. The zero-order valence-corrected chi connectivity index (χ0v) is 9.91. The first-order chi connectivity index (χ1) is 7.95. The van der Waals surface area contributed by atoms with Gasteiger partial charge in [-0.2, -0.15) is 0 Å². The first-order valence-corrected chi connectivity index (χ1v) is 5.12. The second-order valence-corrected chi connectivity index (χ2v) is 3.65. The van der Waals surface area contributed by atoms with Crippen LogP contribution in [0.15, 0.2) is 0 Å². The molecular weight excluding hydrogens is 232 g/mol. The molecule has 1 rings (SSSR count). The zero-order valence-electron chi connectivity index (χ0n) is 9.91. The summed E-state index contributed by atoms with van der Waals surface area (Å²) in [5.41, 5.74) is 0. The van der Waals surface area contributed by atoms with E-state index in [-0.39, 0.29) is 6.61 Å². The molecule has 0 unspecified atom stereocenters. The van der Waals surface area contributed by atoms with Gasteiger partial charge in [0.15, 0.2) is 12.4 Å². The van der Waals surface area contributed by atoms with Crippen molar-refractivity contribution in [2.75, 3.05) is 13.7 Å². The lowest BCUT2D eigenvalue weighted by Gasteiger charge is -2.18. The third kappa shape index (κ3) is 3.65. The van der Waals surface area contributed by atoms with Crippen LogP contribution in [0.1, 0.15) is 13.8 Å². The topological polar surface area (TPSA) is 91.3 Å². The van der Waals surface area contributed by atoms with Crippen molar-refractivity contribution in [1.29, 1.82) is 0 Å². The molecule has 0 saturated carbocycles. The number of ether oxygens (including phenoxy) is 4. The Morgan fingerprint density at radius 1 is 1.29 bits per heavy atom. The second-order valence-electron chi connectivity index (χ2n) is 3.65. The molecule has 1 saturated heterocycles. The van der Waals surface area contributed by atoms with Crippen molar-refractivity contribution < 1.29 is 33.6 Å². The smallest absolute Gasteiger partial charge is 0.303 e. The molecule has 0 aromatic carbocycles. The highest BCUT2D eigenvalue weighted by Crippen LogP contribution is 2.25. The predicted molar refractivity (Wildman–Crippen MR) is 53.9 cm³/mol. The molecule has 1 heterocycles. The average Bonchev–Trinajstić information content (AvgIpc) is 2.53. The number of methoxy groups -OCH3 is 1. The van der Waals surface area contributed by atoms with E-state index in [1.54, 1.807) is 0 Å². The molecule has 0 bridgehead atoms. The van der Waals surface area contributed by atoms with Gasteiger partial charge in [0.1, 0.15) is 18.8 Å². The number of rotatable bonds is 4. The molecule has 0 amide bonds. The lowest BCUT2D eigenvalue weighted by molar-refractivity contribution is -0.180. The minimum atomic E-state index is -1.09. The van der Waals surface area contributed by atoms with Crippen LogP contribution in [0.3, 0.4) is 0 Å². The Kier molecular flexibility index (Phi) is 4.86. The van der Waals surface area contributed by atoms with Gasteiger partial charge >= 0.3 is 11.9 Å². The van der Waals surface area contributed by atoms with Crippen LogP contribution in [0.25, 0.3) is 0 Å². The SMILES string of the molecule is CO[C@@H]1O[C@H](COC(C)=O)[C@@H](O)[C@H]1OC(C)=O. The molecule has 98 valence electrons. The molecule has 0 aromatic heterocycles. The van der Waals surface area contributed by atoms with Gasteiger partial charge in [0.05, 0.1) is 0 Å². The van der Waals surface area contributed by atoms with Gasteiger partial charge < -0.3 is 24.1 Å². The van der Waals surface area contributed by atoms with Gasteiger partial charge in [-0.15, -0.1) is 0 Å². The van der Waals surface area contributed by atoms with Crippen molar-refractivity contribution in [1.82, 2.24) is 0 Å². The van der Waals surface area contributed by atoms with E-state index < -0.39 is 36.5 Å². The van der Waals surface area contributed by atoms with Crippen molar-refractivity contribution in [2.24, 2.45) is 0 Å². The number of carbonyl (C=O) groups excluding carboxylic acids is 2. The summed E-state index contributed by atoms with van der Waals surface area (Å²) >= 11 is 0. The molecule has 0 spiro atoms. The van der Waals surface area contributed by atoms with Crippen LogP contribution in [0.4, 0.5) is 0 Å². The maximum Gasteiger partial charge on any atom is 0.303 e. The standard InChI is InChI=1S/C10H16O7/c1-5(11)15-4-7-8(13)9(16-6(2)12)10(14-3)17-7/h7-10,13H,4H2,1-3H3/t7-,8-,9-,10-/m1/s1. The molecule has 7 nitrogen and oxygen atoms in total. The van der Waals surface area contributed by atoms with Gasteiger partial charge in [-0.1, -0.05) is 0 Å². The highest BCUT2D eigenvalue weighted by Gasteiger charge is 2.46. The summed E-state index contributed by atoms with van der Waals surface area (Å²) in [5.74, 6) is -1.03. The summed E-state index contributed by atoms with van der Waals surface area (Å²) in [6.07, 6.45) is -3.65. The molecule has 1 aliphatic heterocycles. The number of hydrogen-bond acceptors (Lipinski definition) is 7. The van der Waals surface area contributed by atoms with E-state index in [1.165, 1.54) is 21.0 Å². The fraction of sp³-hybridized carbons (Fsp3) is 0.800. The van der Waals surface area contributed by atoms with Crippen LogP contribution in [0.2, 0.25) is 0 Å². The summed E-state index contributed by atoms with van der Waals surface area (Å²) < 4.78 is 19.8. The van der Waals surface area contributed by atoms with E-state index in [1.807, 2.05) is 0 Å². The van der Waals surface area contributed by atoms with Crippen LogP contribution in [-0.2, 0) is 28.5 Å². The second kappa shape index (κ2) is 5.95. The van der Waals surface area contributed by atoms with Crippen LogP contribution in [0, 0.1) is 0 Å². The van der Waals surface area contributed by atoms with Gasteiger partial charge in [0.25, 0.3) is 0 Å². The summed E-state index contributed by atoms with van der Waals surface area (Å²) in [7, 11) is 1.36. The molecule has 7 heteroatoms. The molecule has 0 aliphatic carbocycles. The normalized spacial score (nSPS) is 32.2. The van der Waals surface area contributed by atoms with Gasteiger partial charge in [-0.3, -0.25) is 9.59 Å². The number of carbonyl (C=O) groups is 2. The molecule has 0 radical (unpaired) electrons. The third-order valence-corrected chi connectivity index (χ3v) is 2.28. The molecule has 0 aromatic rings. The number of hydrogen-bond donors (Lipinski definition) is 1. The van der Waals surface area contributed by atoms with E-state index in [2.05, 4.69) is 0 Å². The van der Waals surface area contributed by atoms with E-state index in [0.29, 0.717) is 0 Å². The number of esters is 2. The fourth-order valence-corrected chi connectivity index (χ4v) is 1.55. The Balaban J connectivity index is 2.59. The lowest BCUT2D eigenvalue weighted by atomic mass is 10.1. The quantitative estimate of drug-likeness (QED) is 0.652. The van der Waals surface area contributed by atoms with E-state index in [4.69, 9.17) is 18.9 Å². The summed E-state index contributed by atoms with van der Waals surface area (Å²) in [6, 6.07) is 0. The zero-order chi connectivity index (χ0) is 13.0. The maximum atomic E-state index is 10.8. The maximum absolute atomic E-state index is 10.8. The van der Waals surface area contributed by atoms with Gasteiger partial charge in [-0.05, 0) is 0 Å². The minimum Gasteiger partial charge on any atom is -0.463 e. The Morgan fingerprint density at radius 3 is 2.41 bits per heavy atom. The molecular formula is C10H16O7. The lowest BCUT2D eigenvalue weighted by Crippen LogP contribution is -2.38. The van der Waals surface area contributed by atoms with Gasteiger partial charge in [0, 0.05) is 21.0 Å². The van der Waals surface area contributed by atoms with Crippen LogP contribution in [0.5, 0.6) is 0 Å². The van der Waals surface area contributed by atoms with Crippen LogP contribution < -0.4 is 0 Å². The van der Waals surface area contributed by atoms with Gasteiger partial charge in [-0.25, -0.2) is 0 Å².